The van der Waals surface area contributed by atoms with Crippen molar-refractivity contribution in [2.45, 2.75) is 90.6 Å². The van der Waals surface area contributed by atoms with Crippen molar-refractivity contribution in [1.29, 1.82) is 0 Å². The smallest absolute Gasteiger partial charge is 0.0822 e. The molecule has 0 saturated carbocycles. The average molecular weight is 305 g/mol. The van der Waals surface area contributed by atoms with E-state index in [1.54, 1.807) is 0 Å². The zero-order valence-corrected chi connectivity index (χ0v) is 14.9. The molecule has 0 saturated heterocycles. The van der Waals surface area contributed by atoms with Crippen molar-refractivity contribution in [2.75, 3.05) is 6.61 Å². The molecule has 0 radical (unpaired) electrons. The van der Waals surface area contributed by atoms with Crippen LogP contribution < -0.4 is 0 Å². The van der Waals surface area contributed by atoms with Gasteiger partial charge in [0.1, 0.15) is 0 Å². The van der Waals surface area contributed by atoms with Crippen molar-refractivity contribution in [3.8, 4) is 0 Å². The summed E-state index contributed by atoms with van der Waals surface area (Å²) in [7, 11) is 0. The Labute approximate surface area is 138 Å². The summed E-state index contributed by atoms with van der Waals surface area (Å²) in [5.41, 5.74) is 1.32. The van der Waals surface area contributed by atoms with Gasteiger partial charge in [0.05, 0.1) is 6.10 Å². The van der Waals surface area contributed by atoms with Gasteiger partial charge in [-0.3, -0.25) is 0 Å². The lowest BCUT2D eigenvalue weighted by Gasteiger charge is -2.16. The third-order valence-corrected chi connectivity index (χ3v) is 4.36. The fraction of sp³-hybridized carbons (Fsp3) is 0.714. The molecule has 22 heavy (non-hydrogen) atoms. The summed E-state index contributed by atoms with van der Waals surface area (Å²) in [6.45, 7) is 5.39. The summed E-state index contributed by atoms with van der Waals surface area (Å²) < 4.78 is 6.05. The van der Waals surface area contributed by atoms with E-state index in [0.29, 0.717) is 0 Å². The highest BCUT2D eigenvalue weighted by Gasteiger charge is 2.08. The van der Waals surface area contributed by atoms with Crippen LogP contribution >= 0.6 is 0 Å². The van der Waals surface area contributed by atoms with Gasteiger partial charge in [-0.05, 0) is 18.4 Å². The largest absolute Gasteiger partial charge is 0.374 e. The molecular weight excluding hydrogens is 268 g/mol. The lowest BCUT2D eigenvalue weighted by molar-refractivity contribution is 0.0473. The Bertz CT molecular complexity index is 333. The van der Waals surface area contributed by atoms with E-state index in [1.807, 2.05) is 0 Å². The van der Waals surface area contributed by atoms with Crippen LogP contribution in [0.3, 0.4) is 0 Å². The van der Waals surface area contributed by atoms with Crippen LogP contribution in [0, 0.1) is 0 Å². The molecule has 0 aliphatic rings. The van der Waals surface area contributed by atoms with E-state index in [0.717, 1.165) is 13.0 Å². The second-order valence-electron chi connectivity index (χ2n) is 6.36. The predicted octanol–water partition coefficient (Wildman–Crippen LogP) is 7.08. The van der Waals surface area contributed by atoms with Gasteiger partial charge in [-0.15, -0.1) is 0 Å². The van der Waals surface area contributed by atoms with Crippen LogP contribution in [0.1, 0.15) is 96.1 Å². The number of hydrogen-bond acceptors (Lipinski definition) is 1. The van der Waals surface area contributed by atoms with Gasteiger partial charge in [-0.2, -0.15) is 0 Å². The van der Waals surface area contributed by atoms with Crippen molar-refractivity contribution in [2.24, 2.45) is 0 Å². The Morgan fingerprint density at radius 2 is 1.27 bits per heavy atom. The van der Waals surface area contributed by atoms with Crippen molar-refractivity contribution in [3.05, 3.63) is 35.9 Å². The molecule has 0 amide bonds. The third kappa shape index (κ3) is 9.25. The van der Waals surface area contributed by atoms with Gasteiger partial charge >= 0.3 is 0 Å². The Morgan fingerprint density at radius 3 is 1.82 bits per heavy atom. The summed E-state index contributed by atoms with van der Waals surface area (Å²) in [5.74, 6) is 0. The number of rotatable bonds is 14. The maximum Gasteiger partial charge on any atom is 0.0822 e. The van der Waals surface area contributed by atoms with Crippen LogP contribution in [0.2, 0.25) is 0 Å². The first-order valence-electron chi connectivity index (χ1n) is 9.55. The maximum atomic E-state index is 6.05. The first-order valence-corrected chi connectivity index (χ1v) is 9.55. The lowest BCUT2D eigenvalue weighted by atomic mass is 10.1. The van der Waals surface area contributed by atoms with Crippen molar-refractivity contribution < 1.29 is 4.74 Å². The fourth-order valence-corrected chi connectivity index (χ4v) is 2.93. The minimum Gasteiger partial charge on any atom is -0.374 e. The molecule has 1 aromatic rings. The standard InChI is InChI=1S/C21H36O/c1-3-5-6-7-8-9-10-11-12-16-19-22-21(4-2)20-17-14-13-15-18-20/h13-15,17-18,21H,3-12,16,19H2,1-2H3. The van der Waals surface area contributed by atoms with E-state index in [2.05, 4.69) is 44.2 Å². The van der Waals surface area contributed by atoms with E-state index in [1.165, 1.54) is 69.8 Å². The molecule has 1 nitrogen and oxygen atoms in total. The monoisotopic (exact) mass is 304 g/mol. The second-order valence-corrected chi connectivity index (χ2v) is 6.36. The molecule has 0 spiro atoms. The molecule has 0 aliphatic carbocycles. The van der Waals surface area contributed by atoms with Crippen LogP contribution in [-0.2, 0) is 4.74 Å². The first-order chi connectivity index (χ1) is 10.9. The van der Waals surface area contributed by atoms with E-state index in [-0.39, 0.29) is 6.10 Å². The minimum atomic E-state index is 0.278. The Balaban J connectivity index is 1.94. The average Bonchev–Trinajstić information content (AvgIpc) is 2.57. The van der Waals surface area contributed by atoms with Gasteiger partial charge < -0.3 is 4.74 Å². The van der Waals surface area contributed by atoms with Crippen LogP contribution in [0.15, 0.2) is 30.3 Å². The molecule has 0 aliphatic heterocycles. The van der Waals surface area contributed by atoms with E-state index in [9.17, 15) is 0 Å². The molecule has 0 bridgehead atoms. The summed E-state index contributed by atoms with van der Waals surface area (Å²) in [6, 6.07) is 10.6. The van der Waals surface area contributed by atoms with Gasteiger partial charge in [-0.25, -0.2) is 0 Å². The van der Waals surface area contributed by atoms with Crippen LogP contribution in [0.5, 0.6) is 0 Å². The molecule has 0 N–H and O–H groups in total. The fourth-order valence-electron chi connectivity index (χ4n) is 2.93. The highest BCUT2D eigenvalue weighted by Crippen LogP contribution is 2.21. The summed E-state index contributed by atoms with van der Waals surface area (Å²) in [5, 5.41) is 0. The summed E-state index contributed by atoms with van der Waals surface area (Å²) in [4.78, 5) is 0. The van der Waals surface area contributed by atoms with Gasteiger partial charge in [0.25, 0.3) is 0 Å². The molecule has 1 heteroatoms. The van der Waals surface area contributed by atoms with Crippen LogP contribution in [0.4, 0.5) is 0 Å². The third-order valence-electron chi connectivity index (χ3n) is 4.36. The van der Waals surface area contributed by atoms with Gasteiger partial charge in [0.2, 0.25) is 0 Å². The molecule has 0 aromatic heterocycles. The molecule has 1 atom stereocenters. The molecule has 1 rings (SSSR count). The maximum absolute atomic E-state index is 6.05. The van der Waals surface area contributed by atoms with E-state index < -0.39 is 0 Å². The number of hydrogen-bond donors (Lipinski definition) is 0. The van der Waals surface area contributed by atoms with Crippen molar-refractivity contribution in [1.82, 2.24) is 0 Å². The Morgan fingerprint density at radius 1 is 0.727 bits per heavy atom. The van der Waals surface area contributed by atoms with E-state index in [4.69, 9.17) is 4.74 Å². The number of unbranched alkanes of at least 4 members (excludes halogenated alkanes) is 9. The van der Waals surface area contributed by atoms with Gasteiger partial charge in [0.15, 0.2) is 0 Å². The summed E-state index contributed by atoms with van der Waals surface area (Å²) in [6.07, 6.45) is 15.1. The van der Waals surface area contributed by atoms with E-state index >= 15 is 0 Å². The lowest BCUT2D eigenvalue weighted by Crippen LogP contribution is -2.04. The predicted molar refractivity (Wildman–Crippen MR) is 97.3 cm³/mol. The Hall–Kier alpha value is -0.820. The molecule has 126 valence electrons. The second kappa shape index (κ2) is 13.8. The zero-order valence-electron chi connectivity index (χ0n) is 14.9. The minimum absolute atomic E-state index is 0.278. The molecular formula is C21H36O. The van der Waals surface area contributed by atoms with Crippen LogP contribution in [-0.4, -0.2) is 6.61 Å². The Kier molecular flexibility index (Phi) is 12.1. The molecule has 1 unspecified atom stereocenters. The van der Waals surface area contributed by atoms with Crippen molar-refractivity contribution in [3.63, 3.8) is 0 Å². The zero-order chi connectivity index (χ0) is 15.9. The topological polar surface area (TPSA) is 9.23 Å². The van der Waals surface area contributed by atoms with Gasteiger partial charge in [0, 0.05) is 6.61 Å². The molecule has 1 aromatic carbocycles. The van der Waals surface area contributed by atoms with Gasteiger partial charge in [-0.1, -0.05) is 102 Å². The molecule has 0 heterocycles. The SMILES string of the molecule is CCCCCCCCCCCCOC(CC)c1ccccc1. The first kappa shape index (κ1) is 19.2. The number of ether oxygens (including phenoxy) is 1. The highest BCUT2D eigenvalue weighted by molar-refractivity contribution is 5.17. The normalized spacial score (nSPS) is 12.5. The highest BCUT2D eigenvalue weighted by atomic mass is 16.5. The number of benzene rings is 1. The quantitative estimate of drug-likeness (QED) is 0.334. The van der Waals surface area contributed by atoms with Crippen LogP contribution in [0.25, 0.3) is 0 Å². The molecule has 0 fully saturated rings. The van der Waals surface area contributed by atoms with Crippen molar-refractivity contribution >= 4 is 0 Å². The summed E-state index contributed by atoms with van der Waals surface area (Å²) >= 11 is 0.